The van der Waals surface area contributed by atoms with Crippen LogP contribution in [0.15, 0.2) is 24.3 Å². The van der Waals surface area contributed by atoms with E-state index in [4.69, 9.17) is 15.7 Å². The lowest BCUT2D eigenvalue weighted by atomic mass is 9.75. The van der Waals surface area contributed by atoms with Gasteiger partial charge >= 0.3 is 7.12 Å². The van der Waals surface area contributed by atoms with E-state index in [-0.39, 0.29) is 11.7 Å². The Hall–Kier alpha value is -1.83. The van der Waals surface area contributed by atoms with Crippen molar-refractivity contribution in [3.05, 3.63) is 41.2 Å². The van der Waals surface area contributed by atoms with Crippen molar-refractivity contribution in [2.45, 2.75) is 58.7 Å². The van der Waals surface area contributed by atoms with Crippen molar-refractivity contribution in [2.24, 2.45) is 0 Å². The van der Waals surface area contributed by atoms with Crippen LogP contribution in [0.1, 0.15) is 58.6 Å². The third-order valence-corrected chi connectivity index (χ3v) is 5.41. The van der Waals surface area contributed by atoms with Crippen LogP contribution >= 0.6 is 0 Å². The summed E-state index contributed by atoms with van der Waals surface area (Å²) >= 11 is 0. The highest BCUT2D eigenvalue weighted by atomic mass is 19.1. The molecule has 0 aliphatic carbocycles. The van der Waals surface area contributed by atoms with Gasteiger partial charge in [0.15, 0.2) is 0 Å². The summed E-state index contributed by atoms with van der Waals surface area (Å²) in [7, 11) is -0.453. The summed E-state index contributed by atoms with van der Waals surface area (Å²) in [5, 5.41) is 1.71. The second-order valence-corrected chi connectivity index (χ2v) is 8.02. The number of hydrogen-bond donors (Lipinski definition) is 0. The minimum atomic E-state index is -0.453. The van der Waals surface area contributed by atoms with Crippen LogP contribution in [0.2, 0.25) is 0 Å². The van der Waals surface area contributed by atoms with Crippen molar-refractivity contribution in [3.8, 4) is 12.3 Å². The number of halogens is 1. The Bertz CT molecular complexity index is 862. The van der Waals surface area contributed by atoms with E-state index in [2.05, 4.69) is 19.8 Å². The fraction of sp³-hybridized carbons (Fsp3) is 0.429. The van der Waals surface area contributed by atoms with Crippen molar-refractivity contribution in [3.63, 3.8) is 0 Å². The Kier molecular flexibility index (Phi) is 4.22. The Morgan fingerprint density at radius 2 is 1.68 bits per heavy atom. The summed E-state index contributed by atoms with van der Waals surface area (Å²) in [4.78, 5) is 0. The third kappa shape index (κ3) is 2.86. The quantitative estimate of drug-likeness (QED) is 0.598. The SMILES string of the molecule is C#Cc1c(F)ccc2cc(B3OC(C)(C)C(C)(C)O3)cc(C(C)C)c12. The van der Waals surface area contributed by atoms with Crippen molar-refractivity contribution in [2.75, 3.05) is 0 Å². The first kappa shape index (κ1) is 18.0. The first-order valence-corrected chi connectivity index (χ1v) is 8.65. The first-order chi connectivity index (χ1) is 11.6. The maximum Gasteiger partial charge on any atom is 0.494 e. The lowest BCUT2D eigenvalue weighted by molar-refractivity contribution is 0.00578. The molecule has 2 aromatic rings. The van der Waals surface area contributed by atoms with Crippen molar-refractivity contribution >= 4 is 23.4 Å². The predicted octanol–water partition coefficient (Wildman–Crippen LogP) is 4.38. The van der Waals surface area contributed by atoms with Crippen molar-refractivity contribution in [1.82, 2.24) is 0 Å². The summed E-state index contributed by atoms with van der Waals surface area (Å²) in [6.45, 7) is 12.3. The zero-order valence-corrected chi connectivity index (χ0v) is 15.7. The molecule has 0 saturated carbocycles. The Morgan fingerprint density at radius 1 is 1.08 bits per heavy atom. The molecule has 130 valence electrons. The second-order valence-electron chi connectivity index (χ2n) is 8.02. The summed E-state index contributed by atoms with van der Waals surface area (Å²) in [5.41, 5.74) is 1.45. The van der Waals surface area contributed by atoms with E-state index in [9.17, 15) is 4.39 Å². The molecule has 2 aromatic carbocycles. The highest BCUT2D eigenvalue weighted by Gasteiger charge is 2.51. The van der Waals surface area contributed by atoms with Crippen LogP contribution in [0, 0.1) is 18.2 Å². The number of rotatable bonds is 2. The minimum absolute atomic E-state index is 0.193. The molecule has 0 bridgehead atoms. The predicted molar refractivity (Wildman–Crippen MR) is 102 cm³/mol. The molecule has 0 atom stereocenters. The molecule has 1 aliphatic heterocycles. The van der Waals surface area contributed by atoms with E-state index < -0.39 is 18.3 Å². The van der Waals surface area contributed by atoms with Gasteiger partial charge in [-0.25, -0.2) is 4.39 Å². The number of fused-ring (bicyclic) bond motifs is 1. The summed E-state index contributed by atoms with van der Waals surface area (Å²) < 4.78 is 26.5. The zero-order valence-electron chi connectivity index (χ0n) is 15.7. The van der Waals surface area contributed by atoms with Gasteiger partial charge in [0.1, 0.15) is 5.82 Å². The maximum atomic E-state index is 14.2. The average molecular weight is 338 g/mol. The molecule has 1 aliphatic rings. The molecule has 0 radical (unpaired) electrons. The Morgan fingerprint density at radius 3 is 2.20 bits per heavy atom. The lowest BCUT2D eigenvalue weighted by Gasteiger charge is -2.32. The highest BCUT2D eigenvalue weighted by Crippen LogP contribution is 2.37. The zero-order chi connectivity index (χ0) is 18.6. The molecule has 0 unspecified atom stereocenters. The number of benzene rings is 2. The Labute approximate surface area is 149 Å². The molecule has 25 heavy (non-hydrogen) atoms. The van der Waals surface area contributed by atoms with Crippen LogP contribution in [0.25, 0.3) is 10.8 Å². The van der Waals surface area contributed by atoms with Crippen LogP contribution in [-0.4, -0.2) is 18.3 Å². The van der Waals surface area contributed by atoms with Gasteiger partial charge in [-0.3, -0.25) is 0 Å². The van der Waals surface area contributed by atoms with E-state index >= 15 is 0 Å². The molecule has 0 spiro atoms. The molecule has 1 fully saturated rings. The standard InChI is InChI=1S/C21H24BFO2/c1-8-16-18(23)10-9-14-11-15(12-17(13(2)3)19(14)16)22-24-20(4,5)21(6,7)25-22/h1,9-13H,2-7H3. The Balaban J connectivity index is 2.21. The largest absolute Gasteiger partial charge is 0.494 e. The average Bonchev–Trinajstić information content (AvgIpc) is 2.74. The summed E-state index contributed by atoms with van der Waals surface area (Å²) in [6, 6.07) is 7.22. The smallest absolute Gasteiger partial charge is 0.399 e. The maximum absolute atomic E-state index is 14.2. The van der Waals surface area contributed by atoms with Gasteiger partial charge in [0, 0.05) is 5.39 Å². The number of terminal acetylenes is 1. The monoisotopic (exact) mass is 338 g/mol. The third-order valence-electron chi connectivity index (χ3n) is 5.41. The molecule has 2 nitrogen and oxygen atoms in total. The van der Waals surface area contributed by atoms with Crippen molar-refractivity contribution < 1.29 is 13.7 Å². The van der Waals surface area contributed by atoms with E-state index in [1.54, 1.807) is 6.07 Å². The molecule has 1 saturated heterocycles. The molecule has 0 amide bonds. The van der Waals surface area contributed by atoms with Crippen LogP contribution in [0.3, 0.4) is 0 Å². The summed E-state index contributed by atoms with van der Waals surface area (Å²) in [6.07, 6.45) is 5.58. The van der Waals surface area contributed by atoms with Crippen LogP contribution < -0.4 is 5.46 Å². The molecule has 1 heterocycles. The molecule has 0 N–H and O–H groups in total. The molecule has 3 rings (SSSR count). The van der Waals surface area contributed by atoms with Gasteiger partial charge < -0.3 is 9.31 Å². The molecule has 0 aromatic heterocycles. The van der Waals surface area contributed by atoms with E-state index in [1.807, 2.05) is 39.8 Å². The van der Waals surface area contributed by atoms with Gasteiger partial charge in [-0.15, -0.1) is 6.42 Å². The van der Waals surface area contributed by atoms with E-state index in [1.165, 1.54) is 6.07 Å². The van der Waals surface area contributed by atoms with Gasteiger partial charge in [0.25, 0.3) is 0 Å². The van der Waals surface area contributed by atoms with Gasteiger partial charge in [0.05, 0.1) is 16.8 Å². The van der Waals surface area contributed by atoms with E-state index in [0.29, 0.717) is 5.56 Å². The lowest BCUT2D eigenvalue weighted by Crippen LogP contribution is -2.41. The minimum Gasteiger partial charge on any atom is -0.399 e. The van der Waals surface area contributed by atoms with Crippen LogP contribution in [-0.2, 0) is 9.31 Å². The van der Waals surface area contributed by atoms with Crippen LogP contribution in [0.5, 0.6) is 0 Å². The molecular weight excluding hydrogens is 314 g/mol. The molecule has 4 heteroatoms. The van der Waals surface area contributed by atoms with Gasteiger partial charge in [-0.05, 0) is 56.1 Å². The van der Waals surface area contributed by atoms with Crippen LogP contribution in [0.4, 0.5) is 4.39 Å². The van der Waals surface area contributed by atoms with Crippen molar-refractivity contribution in [1.29, 1.82) is 0 Å². The highest BCUT2D eigenvalue weighted by molar-refractivity contribution is 6.62. The fourth-order valence-corrected chi connectivity index (χ4v) is 3.21. The van der Waals surface area contributed by atoms with Gasteiger partial charge in [0.2, 0.25) is 0 Å². The van der Waals surface area contributed by atoms with Gasteiger partial charge in [-0.2, -0.15) is 0 Å². The molecular formula is C21H24BFO2. The van der Waals surface area contributed by atoms with Gasteiger partial charge in [-0.1, -0.05) is 38.0 Å². The first-order valence-electron chi connectivity index (χ1n) is 8.65. The normalized spacial score (nSPS) is 18.8. The number of hydrogen-bond acceptors (Lipinski definition) is 2. The topological polar surface area (TPSA) is 18.5 Å². The fourth-order valence-electron chi connectivity index (χ4n) is 3.21. The van der Waals surface area contributed by atoms with E-state index in [0.717, 1.165) is 21.8 Å². The second kappa shape index (κ2) is 5.86. The summed E-state index contributed by atoms with van der Waals surface area (Å²) in [5.74, 6) is 2.34.